The lowest BCUT2D eigenvalue weighted by Crippen LogP contribution is -1.84. The molecule has 0 saturated carbocycles. The topological polar surface area (TPSA) is 9.23 Å². The minimum Gasteiger partial charge on any atom is -0.495 e. The summed E-state index contributed by atoms with van der Waals surface area (Å²) in [7, 11) is 0. The van der Waals surface area contributed by atoms with Crippen molar-refractivity contribution in [2.24, 2.45) is 0 Å². The predicted octanol–water partition coefficient (Wildman–Crippen LogP) is 3.67. The van der Waals surface area contributed by atoms with Crippen LogP contribution in [0.2, 0.25) is 0 Å². The van der Waals surface area contributed by atoms with Gasteiger partial charge in [0.05, 0.1) is 6.61 Å². The standard InChI is InChI=1S/C11H20O/c1-4-6-7-8-9-10-11(3)12-5-2/h9-10H,3-8H2,1-2H3/b10-9-. The van der Waals surface area contributed by atoms with Gasteiger partial charge in [-0.1, -0.05) is 32.4 Å². The molecule has 0 atom stereocenters. The fourth-order valence-corrected chi connectivity index (χ4v) is 0.960. The molecule has 0 aromatic rings. The summed E-state index contributed by atoms with van der Waals surface area (Å²) in [6.07, 6.45) is 9.09. The molecule has 0 aromatic carbocycles. The molecule has 0 saturated heterocycles. The van der Waals surface area contributed by atoms with E-state index in [1.807, 2.05) is 13.0 Å². The molecular formula is C11H20O. The van der Waals surface area contributed by atoms with Crippen LogP contribution in [-0.2, 0) is 4.74 Å². The van der Waals surface area contributed by atoms with Gasteiger partial charge in [-0.2, -0.15) is 0 Å². The third-order valence-corrected chi connectivity index (χ3v) is 1.61. The largest absolute Gasteiger partial charge is 0.495 e. The molecule has 0 bridgehead atoms. The average molecular weight is 168 g/mol. The molecule has 12 heavy (non-hydrogen) atoms. The Balaban J connectivity index is 3.29. The van der Waals surface area contributed by atoms with E-state index in [2.05, 4.69) is 19.6 Å². The average Bonchev–Trinajstić information content (AvgIpc) is 2.05. The van der Waals surface area contributed by atoms with Crippen LogP contribution < -0.4 is 0 Å². The van der Waals surface area contributed by atoms with E-state index in [4.69, 9.17) is 4.74 Å². The summed E-state index contributed by atoms with van der Waals surface area (Å²) < 4.78 is 5.17. The Morgan fingerprint density at radius 3 is 2.67 bits per heavy atom. The zero-order valence-electron chi connectivity index (χ0n) is 8.31. The van der Waals surface area contributed by atoms with Crippen LogP contribution >= 0.6 is 0 Å². The van der Waals surface area contributed by atoms with E-state index < -0.39 is 0 Å². The summed E-state index contributed by atoms with van der Waals surface area (Å²) in [6, 6.07) is 0. The van der Waals surface area contributed by atoms with E-state index in [1.54, 1.807) is 0 Å². The van der Waals surface area contributed by atoms with Gasteiger partial charge >= 0.3 is 0 Å². The first-order valence-corrected chi connectivity index (χ1v) is 4.79. The van der Waals surface area contributed by atoms with E-state index >= 15 is 0 Å². The Bertz CT molecular complexity index is 136. The molecule has 0 fully saturated rings. The van der Waals surface area contributed by atoms with Crippen molar-refractivity contribution in [2.45, 2.75) is 39.5 Å². The highest BCUT2D eigenvalue weighted by Gasteiger charge is 1.85. The van der Waals surface area contributed by atoms with Crippen molar-refractivity contribution in [3.05, 3.63) is 24.5 Å². The van der Waals surface area contributed by atoms with Crippen LogP contribution in [-0.4, -0.2) is 6.61 Å². The molecule has 0 unspecified atom stereocenters. The zero-order valence-corrected chi connectivity index (χ0v) is 8.31. The Morgan fingerprint density at radius 1 is 1.33 bits per heavy atom. The van der Waals surface area contributed by atoms with Crippen LogP contribution in [0.4, 0.5) is 0 Å². The SMILES string of the molecule is C=C(/C=C\CCCCC)OCC. The summed E-state index contributed by atoms with van der Waals surface area (Å²) in [5.41, 5.74) is 0. The highest BCUT2D eigenvalue weighted by atomic mass is 16.5. The molecule has 0 radical (unpaired) electrons. The zero-order chi connectivity index (χ0) is 9.23. The van der Waals surface area contributed by atoms with Crippen LogP contribution in [0.5, 0.6) is 0 Å². The summed E-state index contributed by atoms with van der Waals surface area (Å²) >= 11 is 0. The minimum absolute atomic E-state index is 0.706. The molecule has 0 aliphatic rings. The monoisotopic (exact) mass is 168 g/mol. The van der Waals surface area contributed by atoms with Gasteiger partial charge in [-0.25, -0.2) is 0 Å². The second-order valence-electron chi connectivity index (χ2n) is 2.80. The fourth-order valence-electron chi connectivity index (χ4n) is 0.960. The van der Waals surface area contributed by atoms with E-state index in [0.29, 0.717) is 6.61 Å². The lowest BCUT2D eigenvalue weighted by atomic mass is 10.2. The molecule has 0 aliphatic heterocycles. The minimum atomic E-state index is 0.706. The van der Waals surface area contributed by atoms with Crippen molar-refractivity contribution in [3.8, 4) is 0 Å². The van der Waals surface area contributed by atoms with Crippen molar-refractivity contribution in [3.63, 3.8) is 0 Å². The number of unbranched alkanes of at least 4 members (excludes halogenated alkanes) is 3. The summed E-state index contributed by atoms with van der Waals surface area (Å²) in [5.74, 6) is 0.772. The molecule has 70 valence electrons. The van der Waals surface area contributed by atoms with Crippen molar-refractivity contribution in [2.75, 3.05) is 6.61 Å². The van der Waals surface area contributed by atoms with Gasteiger partial charge in [0.25, 0.3) is 0 Å². The predicted molar refractivity (Wildman–Crippen MR) is 54.0 cm³/mol. The van der Waals surface area contributed by atoms with Gasteiger partial charge in [-0.15, -0.1) is 0 Å². The quantitative estimate of drug-likeness (QED) is 0.320. The first-order valence-electron chi connectivity index (χ1n) is 4.79. The Labute approximate surface area is 76.1 Å². The lowest BCUT2D eigenvalue weighted by molar-refractivity contribution is 0.244. The second-order valence-corrected chi connectivity index (χ2v) is 2.80. The van der Waals surface area contributed by atoms with Crippen molar-refractivity contribution < 1.29 is 4.74 Å². The van der Waals surface area contributed by atoms with Crippen molar-refractivity contribution >= 4 is 0 Å². The molecule has 0 spiro atoms. The molecule has 0 amide bonds. The molecule has 1 nitrogen and oxygen atoms in total. The highest BCUT2D eigenvalue weighted by Crippen LogP contribution is 2.02. The Kier molecular flexibility index (Phi) is 7.87. The lowest BCUT2D eigenvalue weighted by Gasteiger charge is -1.99. The van der Waals surface area contributed by atoms with Crippen LogP contribution in [0.1, 0.15) is 39.5 Å². The van der Waals surface area contributed by atoms with Gasteiger partial charge in [0.1, 0.15) is 5.76 Å². The Morgan fingerprint density at radius 2 is 2.08 bits per heavy atom. The number of ether oxygens (including phenoxy) is 1. The molecule has 0 aromatic heterocycles. The van der Waals surface area contributed by atoms with Crippen LogP contribution in [0.3, 0.4) is 0 Å². The van der Waals surface area contributed by atoms with Gasteiger partial charge in [0.2, 0.25) is 0 Å². The summed E-state index contributed by atoms with van der Waals surface area (Å²) in [4.78, 5) is 0. The van der Waals surface area contributed by atoms with Gasteiger partial charge in [0.15, 0.2) is 0 Å². The Hall–Kier alpha value is -0.720. The fraction of sp³-hybridized carbons (Fsp3) is 0.636. The maximum atomic E-state index is 5.17. The molecule has 0 heterocycles. The first kappa shape index (κ1) is 11.3. The molecule has 1 heteroatoms. The first-order chi connectivity index (χ1) is 5.81. The maximum absolute atomic E-state index is 5.17. The molecule has 0 aliphatic carbocycles. The molecule has 0 rings (SSSR count). The number of allylic oxidation sites excluding steroid dienone is 2. The van der Waals surface area contributed by atoms with Gasteiger partial charge in [-0.05, 0) is 25.8 Å². The molecular weight excluding hydrogens is 148 g/mol. The normalized spacial score (nSPS) is 10.5. The smallest absolute Gasteiger partial charge is 0.111 e. The van der Waals surface area contributed by atoms with E-state index in [9.17, 15) is 0 Å². The second kappa shape index (κ2) is 8.38. The van der Waals surface area contributed by atoms with Crippen LogP contribution in [0, 0.1) is 0 Å². The van der Waals surface area contributed by atoms with E-state index in [1.165, 1.54) is 19.3 Å². The highest BCUT2D eigenvalue weighted by molar-refractivity contribution is 5.06. The number of rotatable bonds is 7. The molecule has 0 N–H and O–H groups in total. The van der Waals surface area contributed by atoms with Gasteiger partial charge in [-0.3, -0.25) is 0 Å². The summed E-state index contributed by atoms with van der Waals surface area (Å²) in [5, 5.41) is 0. The van der Waals surface area contributed by atoms with Gasteiger partial charge < -0.3 is 4.74 Å². The van der Waals surface area contributed by atoms with E-state index in [-0.39, 0.29) is 0 Å². The number of hydrogen-bond acceptors (Lipinski definition) is 1. The van der Waals surface area contributed by atoms with Crippen LogP contribution in [0.25, 0.3) is 0 Å². The van der Waals surface area contributed by atoms with Crippen molar-refractivity contribution in [1.82, 2.24) is 0 Å². The third-order valence-electron chi connectivity index (χ3n) is 1.61. The summed E-state index contributed by atoms with van der Waals surface area (Å²) in [6.45, 7) is 8.64. The maximum Gasteiger partial charge on any atom is 0.111 e. The van der Waals surface area contributed by atoms with Gasteiger partial charge in [0, 0.05) is 0 Å². The van der Waals surface area contributed by atoms with Crippen LogP contribution in [0.15, 0.2) is 24.5 Å². The van der Waals surface area contributed by atoms with E-state index in [0.717, 1.165) is 12.2 Å². The number of hydrogen-bond donors (Lipinski definition) is 0. The van der Waals surface area contributed by atoms with Crippen molar-refractivity contribution in [1.29, 1.82) is 0 Å². The third kappa shape index (κ3) is 7.39.